The van der Waals surface area contributed by atoms with Gasteiger partial charge in [0.05, 0.1) is 5.92 Å². The number of hydrogen-bond acceptors (Lipinski definition) is 5. The molecule has 174 valence electrons. The fourth-order valence-corrected chi connectivity index (χ4v) is 5.33. The van der Waals surface area contributed by atoms with Crippen molar-refractivity contribution in [3.63, 3.8) is 0 Å². The molecule has 2 fully saturated rings. The van der Waals surface area contributed by atoms with Crippen molar-refractivity contribution in [2.75, 3.05) is 56.6 Å². The third kappa shape index (κ3) is 4.60. The van der Waals surface area contributed by atoms with Crippen LogP contribution >= 0.6 is 0 Å². The van der Waals surface area contributed by atoms with Crippen LogP contribution in [0.5, 0.6) is 0 Å². The Balaban J connectivity index is 1.17. The Morgan fingerprint density at radius 3 is 2.58 bits per heavy atom. The van der Waals surface area contributed by atoms with Gasteiger partial charge in [-0.05, 0) is 68.2 Å². The Kier molecular flexibility index (Phi) is 6.06. The summed E-state index contributed by atoms with van der Waals surface area (Å²) >= 11 is 0. The van der Waals surface area contributed by atoms with Crippen molar-refractivity contribution in [2.45, 2.75) is 32.2 Å². The van der Waals surface area contributed by atoms with Crippen LogP contribution in [-0.4, -0.2) is 73.4 Å². The highest BCUT2D eigenvalue weighted by Crippen LogP contribution is 2.31. The second kappa shape index (κ2) is 9.14. The second-order valence-corrected chi connectivity index (χ2v) is 9.79. The van der Waals surface area contributed by atoms with Crippen molar-refractivity contribution in [3.8, 4) is 0 Å². The van der Waals surface area contributed by atoms with E-state index in [2.05, 4.69) is 39.0 Å². The molecule has 0 saturated carbocycles. The molecular weight excluding hydrogens is 414 g/mol. The zero-order valence-corrected chi connectivity index (χ0v) is 19.7. The molecule has 7 heteroatoms. The van der Waals surface area contributed by atoms with Crippen molar-refractivity contribution in [2.24, 2.45) is 5.92 Å². The number of pyridine rings is 1. The molecule has 1 atom stereocenters. The third-order valence-electron chi connectivity index (χ3n) is 7.09. The predicted molar refractivity (Wildman–Crippen MR) is 129 cm³/mol. The SMILES string of the molecule is CN(C)Cc1ccc(N2CCN(C(=O)C3CC(=O)N(c4ccc5c(c4)CCC5)C3)CC2)nc1. The Morgan fingerprint density at radius 1 is 1.06 bits per heavy atom. The van der Waals surface area contributed by atoms with Gasteiger partial charge in [0.1, 0.15) is 5.82 Å². The smallest absolute Gasteiger partial charge is 0.228 e. The maximum absolute atomic E-state index is 13.2. The quantitative estimate of drug-likeness (QED) is 0.704. The van der Waals surface area contributed by atoms with Crippen LogP contribution < -0.4 is 9.80 Å². The Morgan fingerprint density at radius 2 is 1.85 bits per heavy atom. The molecule has 0 radical (unpaired) electrons. The molecule has 33 heavy (non-hydrogen) atoms. The van der Waals surface area contributed by atoms with E-state index in [9.17, 15) is 9.59 Å². The first-order valence-corrected chi connectivity index (χ1v) is 12.0. The predicted octanol–water partition coefficient (Wildman–Crippen LogP) is 2.33. The first-order chi connectivity index (χ1) is 16.0. The highest BCUT2D eigenvalue weighted by molar-refractivity contribution is 6.00. The highest BCUT2D eigenvalue weighted by atomic mass is 16.2. The van der Waals surface area contributed by atoms with E-state index in [1.807, 2.05) is 36.2 Å². The number of aryl methyl sites for hydroxylation is 2. The van der Waals surface area contributed by atoms with Gasteiger partial charge in [-0.15, -0.1) is 0 Å². The summed E-state index contributed by atoms with van der Waals surface area (Å²) in [7, 11) is 4.10. The van der Waals surface area contributed by atoms with Gasteiger partial charge in [-0.3, -0.25) is 9.59 Å². The summed E-state index contributed by atoms with van der Waals surface area (Å²) < 4.78 is 0. The molecule has 2 aromatic rings. The van der Waals surface area contributed by atoms with Gasteiger partial charge in [-0.25, -0.2) is 4.98 Å². The van der Waals surface area contributed by atoms with Gasteiger partial charge in [0.25, 0.3) is 0 Å². The summed E-state index contributed by atoms with van der Waals surface area (Å²) in [5.41, 5.74) is 4.90. The molecule has 1 aromatic carbocycles. The number of amides is 2. The van der Waals surface area contributed by atoms with E-state index in [4.69, 9.17) is 0 Å². The molecule has 1 unspecified atom stereocenters. The van der Waals surface area contributed by atoms with E-state index in [-0.39, 0.29) is 17.7 Å². The van der Waals surface area contributed by atoms with E-state index in [0.717, 1.165) is 44.0 Å². The third-order valence-corrected chi connectivity index (χ3v) is 7.09. The molecule has 0 spiro atoms. The fraction of sp³-hybridized carbons (Fsp3) is 0.500. The lowest BCUT2D eigenvalue weighted by Crippen LogP contribution is -2.51. The van der Waals surface area contributed by atoms with E-state index < -0.39 is 0 Å². The average Bonchev–Trinajstić information content (AvgIpc) is 3.45. The maximum atomic E-state index is 13.2. The Labute approximate surface area is 196 Å². The molecule has 0 N–H and O–H groups in total. The minimum absolute atomic E-state index is 0.0620. The van der Waals surface area contributed by atoms with E-state index in [1.165, 1.54) is 23.1 Å². The number of fused-ring (bicyclic) bond motifs is 1. The van der Waals surface area contributed by atoms with Crippen molar-refractivity contribution in [3.05, 3.63) is 53.2 Å². The Bertz CT molecular complexity index is 1030. The number of carbonyl (C=O) groups excluding carboxylic acids is 2. The minimum atomic E-state index is -0.249. The van der Waals surface area contributed by atoms with Crippen LogP contribution in [-0.2, 0) is 29.0 Å². The molecule has 2 saturated heterocycles. The number of carbonyl (C=O) groups is 2. The van der Waals surface area contributed by atoms with Gasteiger partial charge in [0.15, 0.2) is 0 Å². The van der Waals surface area contributed by atoms with Crippen molar-refractivity contribution in [1.82, 2.24) is 14.8 Å². The number of rotatable bonds is 5. The van der Waals surface area contributed by atoms with Gasteiger partial charge in [-0.1, -0.05) is 12.1 Å². The summed E-state index contributed by atoms with van der Waals surface area (Å²) in [5.74, 6) is 0.886. The molecule has 7 nitrogen and oxygen atoms in total. The first-order valence-electron chi connectivity index (χ1n) is 12.0. The molecule has 3 heterocycles. The lowest BCUT2D eigenvalue weighted by Gasteiger charge is -2.36. The normalized spacial score (nSPS) is 20.6. The number of nitrogens with zero attached hydrogens (tertiary/aromatic N) is 5. The highest BCUT2D eigenvalue weighted by Gasteiger charge is 2.38. The number of benzene rings is 1. The summed E-state index contributed by atoms with van der Waals surface area (Å²) in [4.78, 5) is 38.7. The van der Waals surface area contributed by atoms with Crippen LogP contribution in [0, 0.1) is 5.92 Å². The lowest BCUT2D eigenvalue weighted by atomic mass is 10.1. The number of aromatic nitrogens is 1. The number of hydrogen-bond donors (Lipinski definition) is 0. The van der Waals surface area contributed by atoms with Crippen LogP contribution in [0.25, 0.3) is 0 Å². The largest absolute Gasteiger partial charge is 0.353 e. The summed E-state index contributed by atoms with van der Waals surface area (Å²) in [6, 6.07) is 10.5. The van der Waals surface area contributed by atoms with Gasteiger partial charge in [0, 0.05) is 57.6 Å². The number of anilines is 2. The number of piperazine rings is 1. The van der Waals surface area contributed by atoms with Gasteiger partial charge in [-0.2, -0.15) is 0 Å². The van der Waals surface area contributed by atoms with E-state index in [0.29, 0.717) is 26.1 Å². The molecule has 2 amide bonds. The van der Waals surface area contributed by atoms with E-state index >= 15 is 0 Å². The first kappa shape index (κ1) is 21.9. The summed E-state index contributed by atoms with van der Waals surface area (Å²) in [6.07, 6.45) is 5.66. The molecule has 5 rings (SSSR count). The van der Waals surface area contributed by atoms with Crippen molar-refractivity contribution < 1.29 is 9.59 Å². The average molecular weight is 448 g/mol. The molecule has 2 aliphatic heterocycles. The monoisotopic (exact) mass is 447 g/mol. The van der Waals surface area contributed by atoms with Crippen LogP contribution in [0.1, 0.15) is 29.5 Å². The zero-order chi connectivity index (χ0) is 22.9. The second-order valence-electron chi connectivity index (χ2n) is 9.79. The topological polar surface area (TPSA) is 60.0 Å². The molecule has 0 bridgehead atoms. The molecule has 1 aliphatic carbocycles. The molecule has 3 aliphatic rings. The van der Waals surface area contributed by atoms with Crippen LogP contribution in [0.15, 0.2) is 36.5 Å². The molecule has 1 aromatic heterocycles. The Hall–Kier alpha value is -2.93. The van der Waals surface area contributed by atoms with Crippen LogP contribution in [0.4, 0.5) is 11.5 Å². The summed E-state index contributed by atoms with van der Waals surface area (Å²) in [6.45, 7) is 4.23. The van der Waals surface area contributed by atoms with Crippen molar-refractivity contribution in [1.29, 1.82) is 0 Å². The van der Waals surface area contributed by atoms with Crippen molar-refractivity contribution >= 4 is 23.3 Å². The minimum Gasteiger partial charge on any atom is -0.353 e. The fourth-order valence-electron chi connectivity index (χ4n) is 5.33. The van der Waals surface area contributed by atoms with Gasteiger partial charge in [0.2, 0.25) is 11.8 Å². The van der Waals surface area contributed by atoms with Gasteiger partial charge < -0.3 is 19.6 Å². The lowest BCUT2D eigenvalue weighted by molar-refractivity contribution is -0.136. The van der Waals surface area contributed by atoms with Crippen LogP contribution in [0.3, 0.4) is 0 Å². The molecular formula is C26H33N5O2. The standard InChI is InChI=1S/C26H33N5O2/c1-28(2)17-19-6-9-24(27-16-19)29-10-12-30(13-11-29)26(33)22-15-25(32)31(18-22)23-8-7-20-4-3-5-21(20)14-23/h6-9,14,16,22H,3-5,10-13,15,17-18H2,1-2H3. The maximum Gasteiger partial charge on any atom is 0.228 e. The van der Waals surface area contributed by atoms with Gasteiger partial charge >= 0.3 is 0 Å². The summed E-state index contributed by atoms with van der Waals surface area (Å²) in [5, 5.41) is 0. The van der Waals surface area contributed by atoms with Crippen LogP contribution in [0.2, 0.25) is 0 Å². The van der Waals surface area contributed by atoms with E-state index in [1.54, 1.807) is 0 Å². The zero-order valence-electron chi connectivity index (χ0n) is 19.7.